The van der Waals surface area contributed by atoms with Gasteiger partial charge in [0.2, 0.25) is 5.91 Å². The van der Waals surface area contributed by atoms with Crippen molar-refractivity contribution in [2.75, 3.05) is 13.2 Å². The zero-order valence-electron chi connectivity index (χ0n) is 59.5. The Morgan fingerprint density at radius 2 is 0.529 bits per heavy atom. The maximum absolute atomic E-state index is 12.6. The molecular formula is C81H159NO5. The van der Waals surface area contributed by atoms with Gasteiger partial charge in [0.05, 0.1) is 25.4 Å². The Balaban J connectivity index is 3.35. The first kappa shape index (κ1) is 85.6. The Labute approximate surface area is 546 Å². The molecule has 0 aliphatic rings. The largest absolute Gasteiger partial charge is 0.466 e. The summed E-state index contributed by atoms with van der Waals surface area (Å²) in [5.41, 5.74) is 0. The molecule has 2 atom stereocenters. The van der Waals surface area contributed by atoms with Gasteiger partial charge in [-0.25, -0.2) is 0 Å². The van der Waals surface area contributed by atoms with Crippen LogP contribution in [-0.4, -0.2) is 47.4 Å². The summed E-state index contributed by atoms with van der Waals surface area (Å²) in [6.07, 6.45) is 97.7. The molecule has 87 heavy (non-hydrogen) atoms. The molecule has 0 spiro atoms. The lowest BCUT2D eigenvalue weighted by atomic mass is 10.0. The zero-order chi connectivity index (χ0) is 62.8. The molecule has 0 saturated carbocycles. The van der Waals surface area contributed by atoms with Gasteiger partial charge in [-0.2, -0.15) is 0 Å². The van der Waals surface area contributed by atoms with Crippen LogP contribution in [0.1, 0.15) is 470 Å². The number of nitrogens with one attached hydrogen (secondary N) is 1. The highest BCUT2D eigenvalue weighted by atomic mass is 16.5. The lowest BCUT2D eigenvalue weighted by Crippen LogP contribution is -2.45. The highest BCUT2D eigenvalue weighted by Gasteiger charge is 2.18. The van der Waals surface area contributed by atoms with Crippen molar-refractivity contribution in [3.63, 3.8) is 0 Å². The number of aliphatic hydroxyl groups is 2. The maximum Gasteiger partial charge on any atom is 0.305 e. The number of hydrogen-bond acceptors (Lipinski definition) is 5. The van der Waals surface area contributed by atoms with E-state index in [4.69, 9.17) is 4.74 Å². The highest BCUT2D eigenvalue weighted by molar-refractivity contribution is 5.76. The van der Waals surface area contributed by atoms with Crippen molar-refractivity contribution >= 4 is 11.9 Å². The molecule has 0 aromatic rings. The standard InChI is InChI=1S/C81H159NO5/c1-3-5-7-9-11-13-15-17-19-21-23-24-31-34-38-41-45-49-53-57-61-65-69-73-79(84)78(77-83)82-80(85)74-70-66-62-58-54-50-46-42-39-35-32-29-27-25-26-28-30-33-36-40-44-48-52-56-60-64-68-72-76-87-81(86)75-71-67-63-59-55-51-47-43-37-22-20-18-16-14-12-10-8-6-4-2/h69,73,78-79,83-84H,3-68,70-72,74-77H2,1-2H3,(H,82,85)/b73-69+. The summed E-state index contributed by atoms with van der Waals surface area (Å²) >= 11 is 0. The van der Waals surface area contributed by atoms with Gasteiger partial charge in [0.15, 0.2) is 0 Å². The lowest BCUT2D eigenvalue weighted by Gasteiger charge is -2.20. The molecule has 6 heteroatoms. The SMILES string of the molecule is CCCCCCCCCCCCCCCCCCCCCCC/C=C/C(O)C(CO)NC(=O)CCCCCCCCCCCCCCCCCCCCCCCCCCCCCCOC(=O)CCCCCCCCCCCCCCCCCCCCC. The summed E-state index contributed by atoms with van der Waals surface area (Å²) in [7, 11) is 0. The van der Waals surface area contributed by atoms with Gasteiger partial charge >= 0.3 is 5.97 Å². The number of amides is 1. The van der Waals surface area contributed by atoms with Crippen molar-refractivity contribution in [3.05, 3.63) is 12.2 Å². The van der Waals surface area contributed by atoms with Crippen LogP contribution in [-0.2, 0) is 14.3 Å². The van der Waals surface area contributed by atoms with Gasteiger partial charge in [0.1, 0.15) is 0 Å². The fraction of sp³-hybridized carbons (Fsp3) is 0.951. The van der Waals surface area contributed by atoms with Crippen LogP contribution in [0.25, 0.3) is 0 Å². The molecule has 0 aliphatic carbocycles. The summed E-state index contributed by atoms with van der Waals surface area (Å²) in [5, 5.41) is 23.3. The zero-order valence-corrected chi connectivity index (χ0v) is 59.5. The molecule has 1 amide bonds. The topological polar surface area (TPSA) is 95.9 Å². The lowest BCUT2D eigenvalue weighted by molar-refractivity contribution is -0.143. The van der Waals surface area contributed by atoms with Crippen molar-refractivity contribution in [3.8, 4) is 0 Å². The fourth-order valence-corrected chi connectivity index (χ4v) is 13.2. The predicted octanol–water partition coefficient (Wildman–Crippen LogP) is 26.7. The Kier molecular flexibility index (Phi) is 75.8. The van der Waals surface area contributed by atoms with Crippen LogP contribution >= 0.6 is 0 Å². The number of hydrogen-bond donors (Lipinski definition) is 3. The number of allylic oxidation sites excluding steroid dienone is 1. The van der Waals surface area contributed by atoms with Gasteiger partial charge in [0, 0.05) is 12.8 Å². The van der Waals surface area contributed by atoms with Crippen LogP contribution in [0.3, 0.4) is 0 Å². The van der Waals surface area contributed by atoms with Crippen LogP contribution in [0.15, 0.2) is 12.2 Å². The first-order valence-electron chi connectivity index (χ1n) is 40.5. The van der Waals surface area contributed by atoms with Gasteiger partial charge < -0.3 is 20.3 Å². The quantitative estimate of drug-likeness (QED) is 0.0320. The van der Waals surface area contributed by atoms with E-state index in [9.17, 15) is 19.8 Å². The van der Waals surface area contributed by atoms with Crippen molar-refractivity contribution in [2.24, 2.45) is 0 Å². The molecule has 0 rings (SSSR count). The van der Waals surface area contributed by atoms with E-state index in [0.717, 1.165) is 38.5 Å². The third-order valence-corrected chi connectivity index (χ3v) is 19.3. The number of ether oxygens (including phenoxy) is 1. The molecule has 0 heterocycles. The summed E-state index contributed by atoms with van der Waals surface area (Å²) < 4.78 is 5.52. The molecule has 0 aliphatic heterocycles. The highest BCUT2D eigenvalue weighted by Crippen LogP contribution is 2.20. The normalized spacial score (nSPS) is 12.5. The number of rotatable bonds is 77. The third-order valence-electron chi connectivity index (χ3n) is 19.3. The minimum absolute atomic E-state index is 0.0247. The number of carbonyl (C=O) groups excluding carboxylic acids is 2. The second kappa shape index (κ2) is 77.1. The van der Waals surface area contributed by atoms with Crippen LogP contribution in [0.5, 0.6) is 0 Å². The molecule has 0 aromatic carbocycles. The van der Waals surface area contributed by atoms with Crippen LogP contribution in [0, 0.1) is 0 Å². The number of unbranched alkanes of at least 4 members (excludes halogenated alkanes) is 66. The Morgan fingerprint density at radius 3 is 0.782 bits per heavy atom. The molecular weight excluding hydrogens is 1070 g/mol. The summed E-state index contributed by atoms with van der Waals surface area (Å²) in [6, 6.07) is -0.626. The Bertz CT molecular complexity index is 1320. The fourth-order valence-electron chi connectivity index (χ4n) is 13.2. The molecule has 0 saturated heterocycles. The average molecular weight is 1230 g/mol. The van der Waals surface area contributed by atoms with E-state index in [2.05, 4.69) is 19.2 Å². The number of aliphatic hydroxyl groups excluding tert-OH is 2. The molecule has 0 fully saturated rings. The third kappa shape index (κ3) is 73.5. The van der Waals surface area contributed by atoms with Crippen LogP contribution in [0.2, 0.25) is 0 Å². The second-order valence-corrected chi connectivity index (χ2v) is 28.1. The van der Waals surface area contributed by atoms with E-state index >= 15 is 0 Å². The minimum atomic E-state index is -0.843. The minimum Gasteiger partial charge on any atom is -0.466 e. The first-order valence-corrected chi connectivity index (χ1v) is 40.5. The molecule has 0 bridgehead atoms. The summed E-state index contributed by atoms with van der Waals surface area (Å²) in [6.45, 7) is 4.97. The van der Waals surface area contributed by atoms with Gasteiger partial charge in [-0.15, -0.1) is 0 Å². The van der Waals surface area contributed by atoms with E-state index in [-0.39, 0.29) is 18.5 Å². The smallest absolute Gasteiger partial charge is 0.305 e. The van der Waals surface area contributed by atoms with E-state index in [0.29, 0.717) is 19.4 Å². The van der Waals surface area contributed by atoms with Gasteiger partial charge in [0.25, 0.3) is 0 Å². The van der Waals surface area contributed by atoms with Crippen molar-refractivity contribution in [1.29, 1.82) is 0 Å². The van der Waals surface area contributed by atoms with E-state index in [1.165, 1.54) is 405 Å². The van der Waals surface area contributed by atoms with Gasteiger partial charge in [-0.3, -0.25) is 9.59 Å². The Morgan fingerprint density at radius 1 is 0.310 bits per heavy atom. The maximum atomic E-state index is 12.6. The molecule has 0 aromatic heterocycles. The van der Waals surface area contributed by atoms with E-state index in [1.54, 1.807) is 6.08 Å². The average Bonchev–Trinajstić information content (AvgIpc) is 3.54. The summed E-state index contributed by atoms with van der Waals surface area (Å²) in [5.74, 6) is -0.0343. The number of esters is 1. The molecule has 2 unspecified atom stereocenters. The number of carbonyl (C=O) groups is 2. The second-order valence-electron chi connectivity index (χ2n) is 28.1. The van der Waals surface area contributed by atoms with Crippen LogP contribution < -0.4 is 5.32 Å². The summed E-state index contributed by atoms with van der Waals surface area (Å²) in [4.78, 5) is 24.7. The van der Waals surface area contributed by atoms with E-state index < -0.39 is 12.1 Å². The Hall–Kier alpha value is -1.40. The van der Waals surface area contributed by atoms with Crippen LogP contribution in [0.4, 0.5) is 0 Å². The first-order chi connectivity index (χ1) is 43.0. The van der Waals surface area contributed by atoms with Crippen molar-refractivity contribution in [2.45, 2.75) is 482 Å². The molecule has 6 nitrogen and oxygen atoms in total. The van der Waals surface area contributed by atoms with Gasteiger partial charge in [-0.1, -0.05) is 437 Å². The van der Waals surface area contributed by atoms with Crippen molar-refractivity contribution < 1.29 is 24.5 Å². The van der Waals surface area contributed by atoms with Crippen molar-refractivity contribution in [1.82, 2.24) is 5.32 Å². The predicted molar refractivity (Wildman–Crippen MR) is 384 cm³/mol. The molecule has 0 radical (unpaired) electrons. The van der Waals surface area contributed by atoms with Gasteiger partial charge in [-0.05, 0) is 32.1 Å². The molecule has 518 valence electrons. The molecule has 3 N–H and O–H groups in total. The monoisotopic (exact) mass is 1230 g/mol. The van der Waals surface area contributed by atoms with E-state index in [1.807, 2.05) is 6.08 Å².